The second kappa shape index (κ2) is 8.81. The van der Waals surface area contributed by atoms with Gasteiger partial charge in [0.25, 0.3) is 0 Å². The average Bonchev–Trinajstić information content (AvgIpc) is 3.07. The molecule has 0 aromatic heterocycles. The van der Waals surface area contributed by atoms with E-state index in [1.165, 1.54) is 17.5 Å². The van der Waals surface area contributed by atoms with Crippen LogP contribution in [0.25, 0.3) is 0 Å². The predicted molar refractivity (Wildman–Crippen MR) is 102 cm³/mol. The molecule has 1 aromatic rings. The lowest BCUT2D eigenvalue weighted by atomic mass is 9.92. The van der Waals surface area contributed by atoms with E-state index >= 15 is 0 Å². The molecule has 1 saturated heterocycles. The van der Waals surface area contributed by atoms with E-state index in [1.807, 2.05) is 24.0 Å². The molecule has 2 aliphatic rings. The number of ketones is 1. The van der Waals surface area contributed by atoms with E-state index < -0.39 is 0 Å². The number of fused-ring (bicyclic) bond motifs is 1. The van der Waals surface area contributed by atoms with E-state index in [9.17, 15) is 9.59 Å². The summed E-state index contributed by atoms with van der Waals surface area (Å²) in [5.41, 5.74) is 9.42. The van der Waals surface area contributed by atoms with Crippen LogP contribution in [0.15, 0.2) is 18.2 Å². The Bertz CT molecular complexity index is 630. The van der Waals surface area contributed by atoms with Gasteiger partial charge < -0.3 is 10.6 Å². The number of aryl methyl sites for hydroxylation is 2. The van der Waals surface area contributed by atoms with E-state index in [0.29, 0.717) is 18.8 Å². The van der Waals surface area contributed by atoms with Crippen LogP contribution in [0.2, 0.25) is 0 Å². The second-order valence-corrected chi connectivity index (χ2v) is 7.36. The number of carbonyl (C=O) groups is 2. The van der Waals surface area contributed by atoms with Crippen LogP contribution in [0.4, 0.5) is 0 Å². The first-order valence-electron chi connectivity index (χ1n) is 9.23. The highest BCUT2D eigenvalue weighted by Gasteiger charge is 2.26. The topological polar surface area (TPSA) is 63.4 Å². The molecule has 2 N–H and O–H groups in total. The summed E-state index contributed by atoms with van der Waals surface area (Å²) in [4.78, 5) is 26.7. The molecule has 1 heterocycles. The van der Waals surface area contributed by atoms with Gasteiger partial charge in [0.2, 0.25) is 5.91 Å². The summed E-state index contributed by atoms with van der Waals surface area (Å²) in [6.45, 7) is 3.55. The minimum Gasteiger partial charge on any atom is -0.342 e. The van der Waals surface area contributed by atoms with E-state index in [4.69, 9.17) is 5.73 Å². The van der Waals surface area contributed by atoms with Crippen molar-refractivity contribution in [3.8, 4) is 0 Å². The largest absolute Gasteiger partial charge is 0.342 e. The summed E-state index contributed by atoms with van der Waals surface area (Å²) >= 11 is 0. The maximum Gasteiger partial charge on any atom is 0.223 e. The molecular formula is C20H29ClN2O2. The van der Waals surface area contributed by atoms with E-state index in [-0.39, 0.29) is 30.1 Å². The number of Topliss-reactive ketones (excluding diaryl/α,β-unsaturated/α-hetero) is 1. The highest BCUT2D eigenvalue weighted by molar-refractivity contribution is 5.98. The van der Waals surface area contributed by atoms with Gasteiger partial charge in [0.1, 0.15) is 0 Å². The lowest BCUT2D eigenvalue weighted by Crippen LogP contribution is -2.45. The average molecular weight is 365 g/mol. The second-order valence-electron chi connectivity index (χ2n) is 7.36. The van der Waals surface area contributed by atoms with Crippen LogP contribution in [-0.4, -0.2) is 35.7 Å². The smallest absolute Gasteiger partial charge is 0.223 e. The minimum atomic E-state index is 0. The number of nitrogens with two attached hydrogens (primary N) is 1. The summed E-state index contributed by atoms with van der Waals surface area (Å²) in [5.74, 6) is 0.559. The number of benzene rings is 1. The Balaban J connectivity index is 0.00000225. The Hall–Kier alpha value is -1.39. The highest BCUT2D eigenvalue weighted by atomic mass is 35.5. The van der Waals surface area contributed by atoms with Crippen molar-refractivity contribution in [1.29, 1.82) is 0 Å². The van der Waals surface area contributed by atoms with Crippen molar-refractivity contribution in [3.63, 3.8) is 0 Å². The minimum absolute atomic E-state index is 0. The van der Waals surface area contributed by atoms with Crippen molar-refractivity contribution in [2.24, 2.45) is 11.7 Å². The molecule has 1 aliphatic heterocycles. The monoisotopic (exact) mass is 364 g/mol. The molecule has 3 rings (SSSR count). The first kappa shape index (κ1) is 19.9. The van der Waals surface area contributed by atoms with Gasteiger partial charge in [-0.3, -0.25) is 9.59 Å². The first-order valence-corrected chi connectivity index (χ1v) is 9.23. The summed E-state index contributed by atoms with van der Waals surface area (Å²) in [7, 11) is 0. The molecule has 0 saturated carbocycles. The molecule has 0 bridgehead atoms. The van der Waals surface area contributed by atoms with Gasteiger partial charge in [-0.1, -0.05) is 12.1 Å². The van der Waals surface area contributed by atoms with Crippen LogP contribution < -0.4 is 5.73 Å². The molecule has 2 unspecified atom stereocenters. The maximum absolute atomic E-state index is 12.4. The summed E-state index contributed by atoms with van der Waals surface area (Å²) in [6.07, 6.45) is 6.09. The van der Waals surface area contributed by atoms with Crippen molar-refractivity contribution in [1.82, 2.24) is 4.90 Å². The number of carbonyl (C=O) groups excluding carboxylic acids is 2. The van der Waals surface area contributed by atoms with Gasteiger partial charge in [-0.05, 0) is 62.1 Å². The van der Waals surface area contributed by atoms with Gasteiger partial charge >= 0.3 is 0 Å². The fraction of sp³-hybridized carbons (Fsp3) is 0.600. The first-order chi connectivity index (χ1) is 11.5. The molecule has 1 fully saturated rings. The summed E-state index contributed by atoms with van der Waals surface area (Å²) in [5, 5.41) is 0. The number of likely N-dealkylation sites (tertiary alicyclic amines) is 1. The highest BCUT2D eigenvalue weighted by Crippen LogP contribution is 2.24. The molecule has 0 spiro atoms. The zero-order valence-corrected chi connectivity index (χ0v) is 15.8. The number of halogens is 1. The number of amides is 1. The normalized spacial score (nSPS) is 20.6. The molecule has 2 atom stereocenters. The van der Waals surface area contributed by atoms with Crippen LogP contribution in [0, 0.1) is 5.92 Å². The van der Waals surface area contributed by atoms with Gasteiger partial charge in [0.15, 0.2) is 5.78 Å². The molecule has 1 aromatic carbocycles. The van der Waals surface area contributed by atoms with Crippen molar-refractivity contribution < 1.29 is 9.59 Å². The van der Waals surface area contributed by atoms with Gasteiger partial charge in [-0.25, -0.2) is 0 Å². The van der Waals surface area contributed by atoms with Crippen molar-refractivity contribution in [2.45, 2.75) is 57.9 Å². The van der Waals surface area contributed by atoms with E-state index in [2.05, 4.69) is 6.07 Å². The van der Waals surface area contributed by atoms with Gasteiger partial charge in [0.05, 0.1) is 0 Å². The third-order valence-corrected chi connectivity index (χ3v) is 5.54. The zero-order chi connectivity index (χ0) is 17.1. The molecular weight excluding hydrogens is 336 g/mol. The van der Waals surface area contributed by atoms with Gasteiger partial charge in [-0.15, -0.1) is 12.4 Å². The van der Waals surface area contributed by atoms with Crippen LogP contribution >= 0.6 is 12.4 Å². The maximum atomic E-state index is 12.4. The molecule has 25 heavy (non-hydrogen) atoms. The Kier molecular flexibility index (Phi) is 7.03. The summed E-state index contributed by atoms with van der Waals surface area (Å²) < 4.78 is 0. The Morgan fingerprint density at radius 1 is 1.20 bits per heavy atom. The standard InChI is InChI=1S/C20H28N2O2.ClH/c1-14(21)18-6-3-11-22(13-18)20(24)10-9-19(23)17-8-7-15-4-2-5-16(15)12-17;/h7-8,12,14,18H,2-6,9-11,13,21H2,1H3;1H. The molecule has 138 valence electrons. The Labute approximate surface area is 156 Å². The van der Waals surface area contributed by atoms with Crippen molar-refractivity contribution in [2.75, 3.05) is 13.1 Å². The zero-order valence-electron chi connectivity index (χ0n) is 15.0. The fourth-order valence-corrected chi connectivity index (χ4v) is 3.93. The molecule has 0 radical (unpaired) electrons. The van der Waals surface area contributed by atoms with Crippen molar-refractivity contribution >= 4 is 24.1 Å². The molecule has 5 heteroatoms. The van der Waals surface area contributed by atoms with E-state index in [1.54, 1.807) is 0 Å². The predicted octanol–water partition coefficient (Wildman–Crippen LogP) is 3.15. The number of hydrogen-bond acceptors (Lipinski definition) is 3. The quantitative estimate of drug-likeness (QED) is 0.816. The number of hydrogen-bond donors (Lipinski definition) is 1. The lowest BCUT2D eigenvalue weighted by molar-refractivity contribution is -0.133. The SMILES string of the molecule is CC(N)C1CCCN(C(=O)CCC(=O)c2ccc3c(c2)CCC3)C1.Cl. The van der Waals surface area contributed by atoms with Gasteiger partial charge in [-0.2, -0.15) is 0 Å². The third-order valence-electron chi connectivity index (χ3n) is 5.54. The van der Waals surface area contributed by atoms with Crippen molar-refractivity contribution in [3.05, 3.63) is 34.9 Å². The summed E-state index contributed by atoms with van der Waals surface area (Å²) in [6, 6.07) is 6.15. The van der Waals surface area contributed by atoms with Crippen LogP contribution in [0.1, 0.15) is 60.5 Å². The lowest BCUT2D eigenvalue weighted by Gasteiger charge is -2.34. The molecule has 1 amide bonds. The number of piperidine rings is 1. The van der Waals surface area contributed by atoms with Crippen LogP contribution in [-0.2, 0) is 17.6 Å². The van der Waals surface area contributed by atoms with Gasteiger partial charge in [0, 0.05) is 37.5 Å². The number of rotatable bonds is 5. The Morgan fingerprint density at radius 2 is 1.96 bits per heavy atom. The van der Waals surface area contributed by atoms with E-state index in [0.717, 1.165) is 44.3 Å². The number of nitrogens with zero attached hydrogens (tertiary/aromatic N) is 1. The molecule has 1 aliphatic carbocycles. The Morgan fingerprint density at radius 3 is 2.72 bits per heavy atom. The fourth-order valence-electron chi connectivity index (χ4n) is 3.93. The van der Waals surface area contributed by atoms with Crippen LogP contribution in [0.3, 0.4) is 0 Å². The molecule has 4 nitrogen and oxygen atoms in total. The third kappa shape index (κ3) is 4.83. The van der Waals surface area contributed by atoms with Crippen LogP contribution in [0.5, 0.6) is 0 Å².